The summed E-state index contributed by atoms with van der Waals surface area (Å²) < 4.78 is 5.25. The highest BCUT2D eigenvalue weighted by molar-refractivity contribution is 5.79. The van der Waals surface area contributed by atoms with Crippen molar-refractivity contribution in [2.24, 2.45) is 0 Å². The van der Waals surface area contributed by atoms with Crippen LogP contribution < -0.4 is 4.74 Å². The Balaban J connectivity index is 2.00. The topological polar surface area (TPSA) is 58.2 Å². The second-order valence-electron chi connectivity index (χ2n) is 4.34. The minimum absolute atomic E-state index is 0.0469. The molecule has 19 heavy (non-hydrogen) atoms. The Morgan fingerprint density at radius 2 is 2.21 bits per heavy atom. The van der Waals surface area contributed by atoms with Crippen molar-refractivity contribution in [1.82, 2.24) is 15.1 Å². The number of nitrogens with one attached hydrogen (secondary N) is 1. The fourth-order valence-corrected chi connectivity index (χ4v) is 1.87. The first kappa shape index (κ1) is 13.1. The van der Waals surface area contributed by atoms with E-state index in [1.165, 1.54) is 0 Å². The number of aromatic nitrogens is 2. The first-order chi connectivity index (χ1) is 9.20. The molecular formula is C14H17N3O2. The lowest BCUT2D eigenvalue weighted by Crippen LogP contribution is -2.27. The molecule has 1 aromatic carbocycles. The molecule has 1 aromatic heterocycles. The van der Waals surface area contributed by atoms with Gasteiger partial charge < -0.3 is 9.64 Å². The molecule has 0 saturated heterocycles. The van der Waals surface area contributed by atoms with Gasteiger partial charge in [0.1, 0.15) is 5.75 Å². The molecule has 0 unspecified atom stereocenters. The van der Waals surface area contributed by atoms with Gasteiger partial charge in [-0.3, -0.25) is 9.89 Å². The van der Waals surface area contributed by atoms with Gasteiger partial charge in [0.15, 0.2) is 0 Å². The van der Waals surface area contributed by atoms with Crippen molar-refractivity contribution in [3.05, 3.63) is 47.8 Å². The van der Waals surface area contributed by atoms with E-state index < -0.39 is 0 Å². The Bertz CT molecular complexity index is 537. The predicted molar refractivity (Wildman–Crippen MR) is 71.8 cm³/mol. The molecule has 0 aliphatic rings. The zero-order valence-corrected chi connectivity index (χ0v) is 11.1. The highest BCUT2D eigenvalue weighted by Gasteiger charge is 2.13. The third-order valence-electron chi connectivity index (χ3n) is 2.93. The fraction of sp³-hybridized carbons (Fsp3) is 0.286. The Labute approximate surface area is 112 Å². The van der Waals surface area contributed by atoms with Crippen LogP contribution in [0.2, 0.25) is 0 Å². The van der Waals surface area contributed by atoms with E-state index in [4.69, 9.17) is 4.74 Å². The highest BCUT2D eigenvalue weighted by Crippen LogP contribution is 2.18. The summed E-state index contributed by atoms with van der Waals surface area (Å²) in [7, 11) is 3.39. The summed E-state index contributed by atoms with van der Waals surface area (Å²) in [6.45, 7) is 0.546. The van der Waals surface area contributed by atoms with Crippen LogP contribution in [0.1, 0.15) is 11.1 Å². The van der Waals surface area contributed by atoms with Crippen LogP contribution in [-0.4, -0.2) is 35.2 Å². The van der Waals surface area contributed by atoms with Crippen molar-refractivity contribution >= 4 is 5.91 Å². The summed E-state index contributed by atoms with van der Waals surface area (Å²) in [6.07, 6.45) is 3.83. The molecule has 0 saturated carbocycles. The van der Waals surface area contributed by atoms with Crippen LogP contribution >= 0.6 is 0 Å². The smallest absolute Gasteiger partial charge is 0.227 e. The number of amides is 1. The number of carbonyl (C=O) groups is 1. The summed E-state index contributed by atoms with van der Waals surface area (Å²) in [6, 6.07) is 7.56. The van der Waals surface area contributed by atoms with E-state index in [2.05, 4.69) is 10.2 Å². The summed E-state index contributed by atoms with van der Waals surface area (Å²) >= 11 is 0. The number of nitrogens with zero attached hydrogens (tertiary/aromatic N) is 2. The average molecular weight is 259 g/mol. The number of hydrogen-bond acceptors (Lipinski definition) is 3. The Morgan fingerprint density at radius 3 is 2.89 bits per heavy atom. The third kappa shape index (κ3) is 3.34. The monoisotopic (exact) mass is 259 g/mol. The zero-order valence-electron chi connectivity index (χ0n) is 11.1. The van der Waals surface area contributed by atoms with Crippen molar-refractivity contribution < 1.29 is 9.53 Å². The van der Waals surface area contributed by atoms with Gasteiger partial charge in [0.05, 0.1) is 19.7 Å². The van der Waals surface area contributed by atoms with Gasteiger partial charge in [-0.15, -0.1) is 0 Å². The third-order valence-corrected chi connectivity index (χ3v) is 2.93. The molecule has 0 spiro atoms. The van der Waals surface area contributed by atoms with Gasteiger partial charge in [-0.05, 0) is 6.07 Å². The number of carbonyl (C=O) groups excluding carboxylic acids is 1. The molecule has 1 amide bonds. The molecular weight excluding hydrogens is 242 g/mol. The summed E-state index contributed by atoms with van der Waals surface area (Å²) in [5.41, 5.74) is 1.88. The van der Waals surface area contributed by atoms with Crippen LogP contribution in [0.5, 0.6) is 5.75 Å². The van der Waals surface area contributed by atoms with Crippen molar-refractivity contribution in [2.75, 3.05) is 14.2 Å². The lowest BCUT2D eigenvalue weighted by molar-refractivity contribution is -0.129. The number of aromatic amines is 1. The van der Waals surface area contributed by atoms with E-state index in [0.717, 1.165) is 16.9 Å². The number of para-hydroxylation sites is 1. The maximum absolute atomic E-state index is 12.1. The van der Waals surface area contributed by atoms with Crippen LogP contribution in [0.15, 0.2) is 36.7 Å². The fourth-order valence-electron chi connectivity index (χ4n) is 1.87. The lowest BCUT2D eigenvalue weighted by atomic mass is 10.1. The summed E-state index contributed by atoms with van der Waals surface area (Å²) in [5, 5.41) is 6.60. The van der Waals surface area contributed by atoms with E-state index in [0.29, 0.717) is 13.0 Å². The van der Waals surface area contributed by atoms with Gasteiger partial charge in [0.2, 0.25) is 5.91 Å². The number of rotatable bonds is 5. The second-order valence-corrected chi connectivity index (χ2v) is 4.34. The van der Waals surface area contributed by atoms with E-state index >= 15 is 0 Å². The van der Waals surface area contributed by atoms with E-state index in [9.17, 15) is 4.79 Å². The SMILES string of the molecule is COc1ccccc1CC(=O)N(C)Cc1cn[nH]c1. The van der Waals surface area contributed by atoms with Crippen LogP contribution in [0, 0.1) is 0 Å². The normalized spacial score (nSPS) is 10.2. The Morgan fingerprint density at radius 1 is 1.42 bits per heavy atom. The molecule has 2 aromatic rings. The zero-order chi connectivity index (χ0) is 13.7. The standard InChI is InChI=1S/C14H17N3O2/c1-17(10-11-8-15-16-9-11)14(18)7-12-5-3-4-6-13(12)19-2/h3-6,8-9H,7,10H2,1-2H3,(H,15,16). The molecule has 0 bridgehead atoms. The number of hydrogen-bond donors (Lipinski definition) is 1. The first-order valence-electron chi connectivity index (χ1n) is 6.04. The second kappa shape index (κ2) is 6.04. The molecule has 0 aliphatic carbocycles. The van der Waals surface area contributed by atoms with Gasteiger partial charge in [0.25, 0.3) is 0 Å². The van der Waals surface area contributed by atoms with Gasteiger partial charge in [-0.1, -0.05) is 18.2 Å². The van der Waals surface area contributed by atoms with E-state index in [1.807, 2.05) is 24.3 Å². The lowest BCUT2D eigenvalue weighted by Gasteiger charge is -2.17. The molecule has 0 atom stereocenters. The maximum atomic E-state index is 12.1. The molecule has 0 fully saturated rings. The van der Waals surface area contributed by atoms with Crippen LogP contribution in [0.3, 0.4) is 0 Å². The van der Waals surface area contributed by atoms with E-state index in [1.54, 1.807) is 31.5 Å². The molecule has 5 heteroatoms. The molecule has 0 aliphatic heterocycles. The number of H-pyrrole nitrogens is 1. The van der Waals surface area contributed by atoms with Gasteiger partial charge >= 0.3 is 0 Å². The molecule has 1 heterocycles. The quantitative estimate of drug-likeness (QED) is 0.887. The highest BCUT2D eigenvalue weighted by atomic mass is 16.5. The molecule has 5 nitrogen and oxygen atoms in total. The number of ether oxygens (including phenoxy) is 1. The van der Waals surface area contributed by atoms with Crippen LogP contribution in [0.25, 0.3) is 0 Å². The minimum atomic E-state index is 0.0469. The van der Waals surface area contributed by atoms with Gasteiger partial charge in [-0.25, -0.2) is 0 Å². The van der Waals surface area contributed by atoms with Crippen molar-refractivity contribution in [2.45, 2.75) is 13.0 Å². The largest absolute Gasteiger partial charge is 0.496 e. The summed E-state index contributed by atoms with van der Waals surface area (Å²) in [5.74, 6) is 0.790. The molecule has 2 rings (SSSR count). The number of benzene rings is 1. The van der Waals surface area contributed by atoms with Gasteiger partial charge in [0, 0.05) is 30.9 Å². The van der Waals surface area contributed by atoms with Crippen molar-refractivity contribution in [1.29, 1.82) is 0 Å². The molecule has 0 radical (unpaired) electrons. The van der Waals surface area contributed by atoms with Gasteiger partial charge in [-0.2, -0.15) is 5.10 Å². The van der Waals surface area contributed by atoms with Crippen molar-refractivity contribution in [3.63, 3.8) is 0 Å². The number of likely N-dealkylation sites (N-methyl/N-ethyl adjacent to an activating group) is 1. The summed E-state index contributed by atoms with van der Waals surface area (Å²) in [4.78, 5) is 13.8. The van der Waals surface area contributed by atoms with Crippen molar-refractivity contribution in [3.8, 4) is 5.75 Å². The van der Waals surface area contributed by atoms with Crippen LogP contribution in [0.4, 0.5) is 0 Å². The molecule has 100 valence electrons. The average Bonchev–Trinajstić information content (AvgIpc) is 2.92. The maximum Gasteiger partial charge on any atom is 0.227 e. The Kier molecular flexibility index (Phi) is 4.18. The molecule has 1 N–H and O–H groups in total. The predicted octanol–water partition coefficient (Wildman–Crippen LogP) is 1.62. The first-order valence-corrected chi connectivity index (χ1v) is 6.04. The van der Waals surface area contributed by atoms with Crippen LogP contribution in [-0.2, 0) is 17.8 Å². The number of methoxy groups -OCH3 is 1. The minimum Gasteiger partial charge on any atom is -0.496 e. The Hall–Kier alpha value is -2.30. The van der Waals surface area contributed by atoms with E-state index in [-0.39, 0.29) is 5.91 Å².